The third-order valence-corrected chi connectivity index (χ3v) is 12.6. The number of ether oxygens (including phenoxy) is 3. The molecule has 2 aliphatic heterocycles. The Kier molecular flexibility index (Phi) is 11.2. The van der Waals surface area contributed by atoms with E-state index in [2.05, 4.69) is 32.2 Å². The minimum Gasteiger partial charge on any atom is -0.497 e. The van der Waals surface area contributed by atoms with E-state index in [9.17, 15) is 32.7 Å². The van der Waals surface area contributed by atoms with Crippen LogP contribution in [0.25, 0.3) is 11.0 Å². The molecule has 3 heterocycles. The summed E-state index contributed by atoms with van der Waals surface area (Å²) in [4.78, 5) is 66.3. The van der Waals surface area contributed by atoms with E-state index in [1.54, 1.807) is 39.0 Å². The average Bonchev–Trinajstić information content (AvgIpc) is 4.04. The molecule has 1 unspecified atom stereocenters. The number of carbonyl (C=O) groups is 4. The largest absolute Gasteiger partial charge is 0.497 e. The highest BCUT2D eigenvalue weighted by molar-refractivity contribution is 7.91. The molecule has 0 bridgehead atoms. The van der Waals surface area contributed by atoms with E-state index in [4.69, 9.17) is 14.2 Å². The first-order valence-electron chi connectivity index (χ1n) is 19.0. The van der Waals surface area contributed by atoms with Crippen LogP contribution in [-0.4, -0.2) is 100 Å². The highest BCUT2D eigenvalue weighted by atomic mass is 32.2. The third kappa shape index (κ3) is 9.08. The van der Waals surface area contributed by atoms with E-state index in [1.165, 1.54) is 12.0 Å². The molecule has 0 radical (unpaired) electrons. The number of sulfonamides is 1. The molecule has 17 heteroatoms. The highest BCUT2D eigenvalue weighted by Gasteiger charge is 2.62. The molecule has 4 aliphatic rings. The van der Waals surface area contributed by atoms with Gasteiger partial charge in [-0.15, -0.1) is 0 Å². The fourth-order valence-electron chi connectivity index (χ4n) is 7.52. The van der Waals surface area contributed by atoms with Gasteiger partial charge in [-0.1, -0.05) is 32.4 Å². The number of nitrogens with one attached hydrogen (secondary N) is 3. The summed E-state index contributed by atoms with van der Waals surface area (Å²) in [5.74, 6) is -2.97. The van der Waals surface area contributed by atoms with Gasteiger partial charge in [-0.05, 0) is 83.3 Å². The van der Waals surface area contributed by atoms with E-state index in [1.807, 2.05) is 19.1 Å². The molecule has 2 aliphatic carbocycles. The SMILES string of the molecule is CC[C@@H]1C[C@H](C)CC/C=C\C2C[C@@]2(C(=O)NS(=O)(=O)C2CC2)NC(=O)[C@@H]2C[C@@H](Oc3nc4cc(OC)ccc4nc3O)CN2C(=O)[C@H]1NC(=O)OC(C)(C)C. The van der Waals surface area contributed by atoms with Gasteiger partial charge >= 0.3 is 6.09 Å². The Hall–Kier alpha value is -4.67. The smallest absolute Gasteiger partial charge is 0.408 e. The van der Waals surface area contributed by atoms with Crippen LogP contribution in [0.1, 0.15) is 86.0 Å². The number of rotatable bonds is 8. The van der Waals surface area contributed by atoms with Gasteiger partial charge in [-0.3, -0.25) is 19.1 Å². The number of amides is 4. The van der Waals surface area contributed by atoms with Crippen LogP contribution in [0.3, 0.4) is 0 Å². The quantitative estimate of drug-likeness (QED) is 0.283. The van der Waals surface area contributed by atoms with Crippen molar-refractivity contribution < 1.29 is 46.9 Å². The third-order valence-electron chi connectivity index (χ3n) is 10.7. The normalized spacial score (nSPS) is 29.5. The van der Waals surface area contributed by atoms with Crippen LogP contribution in [0.15, 0.2) is 30.4 Å². The number of alkyl carbamates (subject to hydrolysis) is 1. The van der Waals surface area contributed by atoms with Crippen molar-refractivity contribution in [3.05, 3.63) is 30.4 Å². The maximum Gasteiger partial charge on any atom is 0.408 e. The maximum atomic E-state index is 14.8. The molecule has 1 saturated heterocycles. The first kappa shape index (κ1) is 40.0. The van der Waals surface area contributed by atoms with Crippen molar-refractivity contribution in [1.29, 1.82) is 0 Å². The Balaban J connectivity index is 1.36. The number of allylic oxidation sites excluding steroid dienone is 1. The monoisotopic (exact) mass is 784 g/mol. The Morgan fingerprint density at radius 1 is 1.11 bits per heavy atom. The summed E-state index contributed by atoms with van der Waals surface area (Å²) in [6.45, 7) is 9.01. The van der Waals surface area contributed by atoms with E-state index in [0.29, 0.717) is 48.9 Å². The minimum atomic E-state index is -3.93. The molecule has 6 rings (SSSR count). The first-order valence-corrected chi connectivity index (χ1v) is 20.5. The van der Waals surface area contributed by atoms with Gasteiger partial charge in [0, 0.05) is 18.4 Å². The van der Waals surface area contributed by atoms with Crippen molar-refractivity contribution in [3.8, 4) is 17.5 Å². The lowest BCUT2D eigenvalue weighted by Crippen LogP contribution is -2.59. The van der Waals surface area contributed by atoms with Gasteiger partial charge in [0.2, 0.25) is 21.8 Å². The van der Waals surface area contributed by atoms with E-state index < -0.39 is 80.2 Å². The lowest BCUT2D eigenvalue weighted by Gasteiger charge is -2.34. The molecular weight excluding hydrogens is 733 g/mol. The van der Waals surface area contributed by atoms with Gasteiger partial charge in [-0.25, -0.2) is 23.2 Å². The van der Waals surface area contributed by atoms with Gasteiger partial charge in [0.25, 0.3) is 17.7 Å². The summed E-state index contributed by atoms with van der Waals surface area (Å²) in [7, 11) is -2.43. The van der Waals surface area contributed by atoms with Crippen molar-refractivity contribution in [2.24, 2.45) is 17.8 Å². The molecule has 2 aromatic rings. The van der Waals surface area contributed by atoms with Crippen LogP contribution in [0.2, 0.25) is 0 Å². The molecule has 7 atom stereocenters. The molecule has 3 fully saturated rings. The summed E-state index contributed by atoms with van der Waals surface area (Å²) in [5, 5.41) is 15.8. The van der Waals surface area contributed by atoms with Crippen LogP contribution in [0, 0.1) is 17.8 Å². The second kappa shape index (κ2) is 15.5. The van der Waals surface area contributed by atoms with Gasteiger partial charge < -0.3 is 34.9 Å². The van der Waals surface area contributed by atoms with Crippen molar-refractivity contribution in [3.63, 3.8) is 0 Å². The molecular formula is C38H52N6O10S. The van der Waals surface area contributed by atoms with Crippen LogP contribution >= 0.6 is 0 Å². The van der Waals surface area contributed by atoms with E-state index in [-0.39, 0.29) is 37.1 Å². The molecule has 1 aromatic heterocycles. The Bertz CT molecular complexity index is 1960. The Labute approximate surface area is 321 Å². The fraction of sp³-hybridized carbons (Fsp3) is 0.632. The molecule has 1 aromatic carbocycles. The van der Waals surface area contributed by atoms with Gasteiger partial charge in [0.1, 0.15) is 35.1 Å². The standard InChI is InChI=1S/C38H52N6O10S/c1-7-22-16-21(2)10-8-9-11-23-19-38(23,35(48)43-55(50,51)26-13-14-26)42-31(45)29-18-25(20-44(29)34(47)30(22)41-36(49)54-37(3,4)5)53-33-32(46)39-27-15-12-24(52-6)17-28(27)40-33/h9,11-12,15,17,21-23,25-26,29-30H,7-8,10,13-14,16,18-20H2,1-6H3,(H,39,46)(H,41,49)(H,42,45)(H,43,48)/b11-9-/t21-,22-,23?,25-,29+,30+,38-/m1/s1. The predicted octanol–water partition coefficient (Wildman–Crippen LogP) is 3.47. The zero-order valence-corrected chi connectivity index (χ0v) is 33.0. The molecule has 55 heavy (non-hydrogen) atoms. The number of aromatic hydroxyl groups is 1. The lowest BCUT2D eigenvalue weighted by molar-refractivity contribution is -0.142. The van der Waals surface area contributed by atoms with Crippen LogP contribution in [-0.2, 0) is 29.1 Å². The second-order valence-corrected chi connectivity index (χ2v) is 18.2. The number of aromatic nitrogens is 2. The molecule has 4 amide bonds. The number of methoxy groups -OCH3 is 1. The number of hydrogen-bond donors (Lipinski definition) is 4. The van der Waals surface area contributed by atoms with E-state index >= 15 is 0 Å². The number of benzene rings is 1. The summed E-state index contributed by atoms with van der Waals surface area (Å²) >= 11 is 0. The van der Waals surface area contributed by atoms with Crippen molar-refractivity contribution in [2.45, 2.75) is 121 Å². The summed E-state index contributed by atoms with van der Waals surface area (Å²) < 4.78 is 45.0. The fourth-order valence-corrected chi connectivity index (χ4v) is 8.89. The zero-order chi connectivity index (χ0) is 39.9. The molecule has 300 valence electrons. The minimum absolute atomic E-state index is 0.0836. The summed E-state index contributed by atoms with van der Waals surface area (Å²) in [5.41, 5.74) is -1.65. The summed E-state index contributed by atoms with van der Waals surface area (Å²) in [6.07, 6.45) is 5.62. The summed E-state index contributed by atoms with van der Waals surface area (Å²) in [6, 6.07) is 2.62. The van der Waals surface area contributed by atoms with Gasteiger partial charge in [0.15, 0.2) is 0 Å². The van der Waals surface area contributed by atoms with Crippen LogP contribution in [0.4, 0.5) is 4.79 Å². The number of carbonyl (C=O) groups excluding carboxylic acids is 4. The molecule has 0 spiro atoms. The lowest BCUT2D eigenvalue weighted by atomic mass is 9.85. The maximum absolute atomic E-state index is 14.8. The molecule has 4 N–H and O–H groups in total. The molecule has 16 nitrogen and oxygen atoms in total. The van der Waals surface area contributed by atoms with Crippen molar-refractivity contribution >= 4 is 44.9 Å². The predicted molar refractivity (Wildman–Crippen MR) is 200 cm³/mol. The Morgan fingerprint density at radius 2 is 1.85 bits per heavy atom. The van der Waals surface area contributed by atoms with Gasteiger partial charge in [0.05, 0.1) is 29.9 Å². The Morgan fingerprint density at radius 3 is 2.53 bits per heavy atom. The zero-order valence-electron chi connectivity index (χ0n) is 32.2. The number of nitrogens with zero attached hydrogens (tertiary/aromatic N) is 3. The topological polar surface area (TPSA) is 215 Å². The van der Waals surface area contributed by atoms with E-state index in [0.717, 1.165) is 6.42 Å². The highest BCUT2D eigenvalue weighted by Crippen LogP contribution is 2.46. The second-order valence-electron chi connectivity index (χ2n) is 16.3. The average molecular weight is 785 g/mol. The number of fused-ring (bicyclic) bond motifs is 3. The van der Waals surface area contributed by atoms with Crippen LogP contribution < -0.4 is 24.8 Å². The number of hydrogen-bond acceptors (Lipinski definition) is 12. The molecule has 2 saturated carbocycles. The van der Waals surface area contributed by atoms with Crippen molar-refractivity contribution in [2.75, 3.05) is 13.7 Å². The van der Waals surface area contributed by atoms with Crippen LogP contribution in [0.5, 0.6) is 17.5 Å². The van der Waals surface area contributed by atoms with Gasteiger partial charge in [-0.2, -0.15) is 0 Å². The first-order chi connectivity index (χ1) is 25.9. The van der Waals surface area contributed by atoms with Crippen molar-refractivity contribution in [1.82, 2.24) is 30.2 Å².